The van der Waals surface area contributed by atoms with E-state index in [1.807, 2.05) is 0 Å². The molecule has 1 saturated carbocycles. The average molecular weight is 264 g/mol. The number of morpholine rings is 1. The van der Waals surface area contributed by atoms with Gasteiger partial charge < -0.3 is 14.5 Å². The second-order valence-electron chi connectivity index (χ2n) is 5.63. The molecule has 0 aromatic carbocycles. The van der Waals surface area contributed by atoms with E-state index in [1.165, 1.54) is 12.8 Å². The molecule has 4 heteroatoms. The Morgan fingerprint density at radius 3 is 2.95 bits per heavy atom. The highest BCUT2D eigenvalue weighted by molar-refractivity contribution is 5.08. The fourth-order valence-corrected chi connectivity index (χ4v) is 2.61. The smallest absolute Gasteiger partial charge is 0.118 e. The maximum atomic E-state index is 5.91. The molecule has 2 fully saturated rings. The van der Waals surface area contributed by atoms with Crippen molar-refractivity contribution in [3.05, 3.63) is 23.7 Å². The van der Waals surface area contributed by atoms with Crippen LogP contribution in [0.1, 0.15) is 37.7 Å². The molecule has 0 radical (unpaired) electrons. The topological polar surface area (TPSA) is 37.6 Å². The van der Waals surface area contributed by atoms with Gasteiger partial charge in [-0.2, -0.15) is 0 Å². The van der Waals surface area contributed by atoms with Crippen molar-refractivity contribution in [3.63, 3.8) is 0 Å². The van der Waals surface area contributed by atoms with Gasteiger partial charge in [-0.05, 0) is 31.4 Å². The zero-order valence-electron chi connectivity index (χ0n) is 11.7. The zero-order valence-corrected chi connectivity index (χ0v) is 11.7. The Morgan fingerprint density at radius 1 is 1.32 bits per heavy atom. The minimum atomic E-state index is 0.534. The van der Waals surface area contributed by atoms with Crippen molar-refractivity contribution < 1.29 is 9.15 Å². The fourth-order valence-electron chi connectivity index (χ4n) is 2.61. The lowest BCUT2D eigenvalue weighted by atomic mass is 10.1. The van der Waals surface area contributed by atoms with Gasteiger partial charge in [-0.15, -0.1) is 0 Å². The molecule has 1 N–H and O–H groups in total. The van der Waals surface area contributed by atoms with Gasteiger partial charge in [0, 0.05) is 18.6 Å². The molecule has 1 aromatic heterocycles. The van der Waals surface area contributed by atoms with E-state index in [0.717, 1.165) is 56.8 Å². The minimum absolute atomic E-state index is 0.534. The van der Waals surface area contributed by atoms with Gasteiger partial charge in [-0.25, -0.2) is 0 Å². The normalized spacial score (nSPS) is 24.8. The third kappa shape index (κ3) is 3.59. The van der Waals surface area contributed by atoms with Crippen molar-refractivity contribution in [1.29, 1.82) is 0 Å². The zero-order chi connectivity index (χ0) is 13.1. The summed E-state index contributed by atoms with van der Waals surface area (Å²) in [4.78, 5) is 2.47. The number of rotatable bonds is 6. The van der Waals surface area contributed by atoms with Crippen molar-refractivity contribution >= 4 is 0 Å². The van der Waals surface area contributed by atoms with Gasteiger partial charge in [-0.3, -0.25) is 4.90 Å². The van der Waals surface area contributed by atoms with E-state index in [1.54, 1.807) is 0 Å². The van der Waals surface area contributed by atoms with Crippen LogP contribution in [0.25, 0.3) is 0 Å². The van der Waals surface area contributed by atoms with Crippen LogP contribution >= 0.6 is 0 Å². The number of furan rings is 1. The predicted molar refractivity (Wildman–Crippen MR) is 73.9 cm³/mol. The highest BCUT2D eigenvalue weighted by atomic mass is 16.5. The number of ether oxygens (including phenoxy) is 1. The van der Waals surface area contributed by atoms with E-state index in [4.69, 9.17) is 9.15 Å². The molecular formula is C15H24N2O2. The summed E-state index contributed by atoms with van der Waals surface area (Å²) in [5, 5.41) is 3.48. The van der Waals surface area contributed by atoms with Crippen LogP contribution < -0.4 is 5.32 Å². The molecule has 1 saturated heterocycles. The Kier molecular flexibility index (Phi) is 4.21. The standard InChI is InChI=1S/C15H24N2O2/c1-2-13-11-18-8-7-17(13)10-15-6-5-14(19-15)9-16-12-3-4-12/h5-6,12-13,16H,2-4,7-11H2,1H3. The molecule has 2 heterocycles. The van der Waals surface area contributed by atoms with Crippen LogP contribution in [0.2, 0.25) is 0 Å². The summed E-state index contributed by atoms with van der Waals surface area (Å²) in [6.07, 6.45) is 3.77. The van der Waals surface area contributed by atoms with E-state index < -0.39 is 0 Å². The van der Waals surface area contributed by atoms with Crippen LogP contribution in [-0.4, -0.2) is 36.7 Å². The molecule has 106 valence electrons. The van der Waals surface area contributed by atoms with Crippen LogP contribution in [0, 0.1) is 0 Å². The van der Waals surface area contributed by atoms with Crippen molar-refractivity contribution in [2.24, 2.45) is 0 Å². The van der Waals surface area contributed by atoms with Gasteiger partial charge in [-0.1, -0.05) is 6.92 Å². The van der Waals surface area contributed by atoms with E-state index >= 15 is 0 Å². The summed E-state index contributed by atoms with van der Waals surface area (Å²) >= 11 is 0. The van der Waals surface area contributed by atoms with Crippen LogP contribution in [0.5, 0.6) is 0 Å². The molecule has 2 aliphatic rings. The molecule has 1 aromatic rings. The summed E-state index contributed by atoms with van der Waals surface area (Å²) in [5.74, 6) is 2.14. The first-order chi connectivity index (χ1) is 9.35. The summed E-state index contributed by atoms with van der Waals surface area (Å²) in [6.45, 7) is 6.70. The van der Waals surface area contributed by atoms with Crippen LogP contribution in [-0.2, 0) is 17.8 Å². The van der Waals surface area contributed by atoms with Crippen molar-refractivity contribution in [3.8, 4) is 0 Å². The lowest BCUT2D eigenvalue weighted by Gasteiger charge is -2.34. The van der Waals surface area contributed by atoms with E-state index in [2.05, 4.69) is 29.3 Å². The highest BCUT2D eigenvalue weighted by Crippen LogP contribution is 2.20. The van der Waals surface area contributed by atoms with Crippen molar-refractivity contribution in [2.75, 3.05) is 19.8 Å². The second kappa shape index (κ2) is 6.07. The molecule has 4 nitrogen and oxygen atoms in total. The molecule has 0 bridgehead atoms. The van der Waals surface area contributed by atoms with Crippen LogP contribution in [0.3, 0.4) is 0 Å². The summed E-state index contributed by atoms with van der Waals surface area (Å²) < 4.78 is 11.4. The quantitative estimate of drug-likeness (QED) is 0.854. The number of nitrogens with one attached hydrogen (secondary N) is 1. The molecule has 3 rings (SSSR count). The first-order valence-electron chi connectivity index (χ1n) is 7.48. The molecule has 0 spiro atoms. The summed E-state index contributed by atoms with van der Waals surface area (Å²) in [5.41, 5.74) is 0. The summed E-state index contributed by atoms with van der Waals surface area (Å²) in [7, 11) is 0. The van der Waals surface area contributed by atoms with Crippen LogP contribution in [0.15, 0.2) is 16.5 Å². The van der Waals surface area contributed by atoms with Crippen LogP contribution in [0.4, 0.5) is 0 Å². The monoisotopic (exact) mass is 264 g/mol. The number of hydrogen-bond acceptors (Lipinski definition) is 4. The van der Waals surface area contributed by atoms with Gasteiger partial charge in [0.2, 0.25) is 0 Å². The Bertz CT molecular complexity index is 401. The van der Waals surface area contributed by atoms with Crippen molar-refractivity contribution in [1.82, 2.24) is 10.2 Å². The summed E-state index contributed by atoms with van der Waals surface area (Å²) in [6, 6.07) is 5.49. The highest BCUT2D eigenvalue weighted by Gasteiger charge is 2.23. The van der Waals surface area contributed by atoms with E-state index in [9.17, 15) is 0 Å². The van der Waals surface area contributed by atoms with Crippen molar-refractivity contribution in [2.45, 2.75) is 51.4 Å². The molecule has 0 amide bonds. The average Bonchev–Trinajstić information content (AvgIpc) is 3.17. The Balaban J connectivity index is 1.52. The molecule has 1 aliphatic heterocycles. The molecule has 1 unspecified atom stereocenters. The third-order valence-corrected chi connectivity index (χ3v) is 4.04. The van der Waals surface area contributed by atoms with Gasteiger partial charge in [0.25, 0.3) is 0 Å². The lowest BCUT2D eigenvalue weighted by molar-refractivity contribution is -0.0155. The Morgan fingerprint density at radius 2 is 2.16 bits per heavy atom. The molecule has 19 heavy (non-hydrogen) atoms. The lowest BCUT2D eigenvalue weighted by Crippen LogP contribution is -2.44. The molecular weight excluding hydrogens is 240 g/mol. The number of nitrogens with zero attached hydrogens (tertiary/aromatic N) is 1. The maximum Gasteiger partial charge on any atom is 0.118 e. The first kappa shape index (κ1) is 13.2. The maximum absolute atomic E-state index is 5.91. The predicted octanol–water partition coefficient (Wildman–Crippen LogP) is 2.14. The van der Waals surface area contributed by atoms with Gasteiger partial charge >= 0.3 is 0 Å². The van der Waals surface area contributed by atoms with Gasteiger partial charge in [0.1, 0.15) is 11.5 Å². The molecule has 1 aliphatic carbocycles. The van der Waals surface area contributed by atoms with E-state index in [0.29, 0.717) is 6.04 Å². The van der Waals surface area contributed by atoms with Gasteiger partial charge in [0.05, 0.1) is 26.3 Å². The Labute approximate surface area is 115 Å². The number of hydrogen-bond donors (Lipinski definition) is 1. The fraction of sp³-hybridized carbons (Fsp3) is 0.733. The first-order valence-corrected chi connectivity index (χ1v) is 7.48. The third-order valence-electron chi connectivity index (χ3n) is 4.04. The Hall–Kier alpha value is -0.840. The second-order valence-corrected chi connectivity index (χ2v) is 5.63. The van der Waals surface area contributed by atoms with Gasteiger partial charge in [0.15, 0.2) is 0 Å². The minimum Gasteiger partial charge on any atom is -0.463 e. The van der Waals surface area contributed by atoms with E-state index in [-0.39, 0.29) is 0 Å². The SMILES string of the molecule is CCC1COCCN1Cc1ccc(CNC2CC2)o1. The largest absolute Gasteiger partial charge is 0.463 e. The molecule has 1 atom stereocenters.